The highest BCUT2D eigenvalue weighted by atomic mass is 35.5. The Morgan fingerprint density at radius 1 is 1.15 bits per heavy atom. The summed E-state index contributed by atoms with van der Waals surface area (Å²) < 4.78 is 15.7. The van der Waals surface area contributed by atoms with Crippen molar-refractivity contribution in [3.8, 4) is 17.3 Å². The van der Waals surface area contributed by atoms with E-state index in [4.69, 9.17) is 36.9 Å². The Hall–Kier alpha value is -1.98. The number of ether oxygens (including phenoxy) is 1. The van der Waals surface area contributed by atoms with Gasteiger partial charge in [0.1, 0.15) is 5.75 Å². The van der Waals surface area contributed by atoms with Crippen LogP contribution >= 0.6 is 23.2 Å². The van der Waals surface area contributed by atoms with E-state index in [0.29, 0.717) is 33.3 Å². The first-order valence-electron chi connectivity index (χ1n) is 5.66. The molecule has 5 nitrogen and oxygen atoms in total. The number of furan rings is 1. The summed E-state index contributed by atoms with van der Waals surface area (Å²) in [6.07, 6.45) is 1.54. The van der Waals surface area contributed by atoms with Crippen LogP contribution in [-0.4, -0.2) is 10.1 Å². The van der Waals surface area contributed by atoms with Crippen LogP contribution in [0.3, 0.4) is 0 Å². The van der Waals surface area contributed by atoms with Crippen molar-refractivity contribution in [3.05, 3.63) is 52.5 Å². The number of nitrogens with zero attached hydrogens (tertiary/aromatic N) is 2. The Morgan fingerprint density at radius 2 is 1.95 bits per heavy atom. The highest BCUT2D eigenvalue weighted by Crippen LogP contribution is 2.25. The molecular weight excluding hydrogens is 303 g/mol. The Bertz CT molecular complexity index is 690. The van der Waals surface area contributed by atoms with Crippen molar-refractivity contribution in [1.29, 1.82) is 0 Å². The third kappa shape index (κ3) is 2.95. The summed E-state index contributed by atoms with van der Waals surface area (Å²) in [7, 11) is 0. The Balaban J connectivity index is 1.69. The minimum Gasteiger partial charge on any atom is -0.484 e. The number of halogens is 2. The molecule has 0 radical (unpaired) electrons. The van der Waals surface area contributed by atoms with E-state index in [1.807, 2.05) is 0 Å². The van der Waals surface area contributed by atoms with Gasteiger partial charge >= 0.3 is 0 Å². The third-order valence-corrected chi connectivity index (χ3v) is 2.84. The summed E-state index contributed by atoms with van der Waals surface area (Å²) >= 11 is 11.8. The maximum atomic E-state index is 5.88. The van der Waals surface area contributed by atoms with Crippen LogP contribution in [0, 0.1) is 0 Å². The van der Waals surface area contributed by atoms with Gasteiger partial charge in [0, 0.05) is 10.0 Å². The predicted octanol–water partition coefficient (Wildman–Crippen LogP) is 4.22. The van der Waals surface area contributed by atoms with E-state index >= 15 is 0 Å². The lowest BCUT2D eigenvalue weighted by molar-refractivity contribution is 0.243. The Morgan fingerprint density at radius 3 is 2.65 bits per heavy atom. The van der Waals surface area contributed by atoms with Gasteiger partial charge in [-0.3, -0.25) is 0 Å². The van der Waals surface area contributed by atoms with Crippen LogP contribution < -0.4 is 4.74 Å². The molecule has 0 fully saturated rings. The fraction of sp³-hybridized carbons (Fsp3) is 0.0769. The van der Waals surface area contributed by atoms with E-state index in [1.165, 1.54) is 6.26 Å². The van der Waals surface area contributed by atoms with Crippen LogP contribution in [0.15, 0.2) is 45.5 Å². The normalized spacial score (nSPS) is 10.7. The molecule has 3 rings (SSSR count). The Labute approximate surface area is 124 Å². The van der Waals surface area contributed by atoms with E-state index in [9.17, 15) is 0 Å². The van der Waals surface area contributed by atoms with Gasteiger partial charge in [0.2, 0.25) is 5.82 Å². The van der Waals surface area contributed by atoms with Crippen LogP contribution in [0.25, 0.3) is 11.6 Å². The standard InChI is InChI=1S/C13H8Cl2N2O3/c14-8-4-9(15)6-10(5-8)19-7-12-16-13(17-20-12)11-2-1-3-18-11/h1-6H,7H2. The van der Waals surface area contributed by atoms with Gasteiger partial charge in [-0.05, 0) is 30.3 Å². The fourth-order valence-electron chi connectivity index (χ4n) is 1.58. The van der Waals surface area contributed by atoms with E-state index in [2.05, 4.69) is 10.1 Å². The van der Waals surface area contributed by atoms with Gasteiger partial charge in [0.05, 0.1) is 6.26 Å². The smallest absolute Gasteiger partial charge is 0.264 e. The number of benzene rings is 1. The zero-order valence-corrected chi connectivity index (χ0v) is 11.6. The van der Waals surface area contributed by atoms with E-state index in [0.717, 1.165) is 0 Å². The topological polar surface area (TPSA) is 61.3 Å². The molecule has 3 aromatic rings. The summed E-state index contributed by atoms with van der Waals surface area (Å²) in [5.74, 6) is 1.76. The van der Waals surface area contributed by atoms with Crippen molar-refractivity contribution in [2.24, 2.45) is 0 Å². The average molecular weight is 311 g/mol. The number of rotatable bonds is 4. The van der Waals surface area contributed by atoms with E-state index in [1.54, 1.807) is 30.3 Å². The molecule has 0 spiro atoms. The number of hydrogen-bond donors (Lipinski definition) is 0. The van der Waals surface area contributed by atoms with Gasteiger partial charge in [0.25, 0.3) is 5.89 Å². The molecule has 20 heavy (non-hydrogen) atoms. The van der Waals surface area contributed by atoms with E-state index < -0.39 is 0 Å². The number of aromatic nitrogens is 2. The average Bonchev–Trinajstić information content (AvgIpc) is 3.06. The minimum absolute atomic E-state index is 0.115. The first-order valence-corrected chi connectivity index (χ1v) is 6.41. The second-order valence-corrected chi connectivity index (χ2v) is 4.76. The van der Waals surface area contributed by atoms with Crippen molar-refractivity contribution in [2.45, 2.75) is 6.61 Å². The quantitative estimate of drug-likeness (QED) is 0.722. The molecular formula is C13H8Cl2N2O3. The molecule has 102 valence electrons. The molecule has 1 aromatic carbocycles. The number of hydrogen-bond acceptors (Lipinski definition) is 5. The molecule has 0 unspecified atom stereocenters. The molecule has 0 bridgehead atoms. The van der Waals surface area contributed by atoms with Gasteiger partial charge in [-0.25, -0.2) is 0 Å². The largest absolute Gasteiger partial charge is 0.484 e. The van der Waals surface area contributed by atoms with Crippen molar-refractivity contribution < 1.29 is 13.7 Å². The molecule has 0 N–H and O–H groups in total. The van der Waals surface area contributed by atoms with Crippen LogP contribution in [-0.2, 0) is 6.61 Å². The first kappa shape index (κ1) is 13.0. The Kier molecular flexibility index (Phi) is 3.62. The van der Waals surface area contributed by atoms with Gasteiger partial charge < -0.3 is 13.7 Å². The van der Waals surface area contributed by atoms with Gasteiger partial charge in [0.15, 0.2) is 12.4 Å². The van der Waals surface area contributed by atoms with Gasteiger partial charge in [-0.2, -0.15) is 4.98 Å². The minimum atomic E-state index is 0.115. The molecule has 0 aliphatic carbocycles. The van der Waals surface area contributed by atoms with Gasteiger partial charge in [-0.1, -0.05) is 28.4 Å². The van der Waals surface area contributed by atoms with Crippen LogP contribution in [0.2, 0.25) is 10.0 Å². The lowest BCUT2D eigenvalue weighted by Crippen LogP contribution is -1.95. The molecule has 2 aromatic heterocycles. The zero-order valence-electron chi connectivity index (χ0n) is 10.0. The SMILES string of the molecule is Clc1cc(Cl)cc(OCc2nc(-c3ccco3)no2)c1. The lowest BCUT2D eigenvalue weighted by atomic mass is 10.3. The van der Waals surface area contributed by atoms with Crippen LogP contribution in [0.1, 0.15) is 5.89 Å². The van der Waals surface area contributed by atoms with Crippen molar-refractivity contribution >= 4 is 23.2 Å². The predicted molar refractivity (Wildman–Crippen MR) is 72.8 cm³/mol. The van der Waals surface area contributed by atoms with E-state index in [-0.39, 0.29) is 6.61 Å². The molecule has 2 heterocycles. The monoisotopic (exact) mass is 310 g/mol. The summed E-state index contributed by atoms with van der Waals surface area (Å²) in [4.78, 5) is 4.15. The fourth-order valence-corrected chi connectivity index (χ4v) is 2.08. The molecule has 0 amide bonds. The summed E-state index contributed by atoms with van der Waals surface area (Å²) in [6, 6.07) is 8.41. The van der Waals surface area contributed by atoms with Gasteiger partial charge in [-0.15, -0.1) is 0 Å². The highest BCUT2D eigenvalue weighted by Gasteiger charge is 2.11. The van der Waals surface area contributed by atoms with Crippen LogP contribution in [0.5, 0.6) is 5.75 Å². The summed E-state index contributed by atoms with van der Waals surface area (Å²) in [6.45, 7) is 0.115. The maximum absolute atomic E-state index is 5.88. The van der Waals surface area contributed by atoms with Crippen molar-refractivity contribution in [1.82, 2.24) is 10.1 Å². The van der Waals surface area contributed by atoms with Crippen LogP contribution in [0.4, 0.5) is 0 Å². The molecule has 0 aliphatic rings. The molecule has 7 heteroatoms. The third-order valence-electron chi connectivity index (χ3n) is 2.41. The summed E-state index contributed by atoms with van der Waals surface area (Å²) in [5, 5.41) is 4.78. The van der Waals surface area contributed by atoms with Crippen molar-refractivity contribution in [3.63, 3.8) is 0 Å². The zero-order chi connectivity index (χ0) is 13.9. The molecule has 0 saturated carbocycles. The molecule has 0 aliphatic heterocycles. The lowest BCUT2D eigenvalue weighted by Gasteiger charge is -2.03. The highest BCUT2D eigenvalue weighted by molar-refractivity contribution is 6.34. The molecule has 0 atom stereocenters. The second kappa shape index (κ2) is 5.56. The first-order chi connectivity index (χ1) is 9.70. The molecule has 0 saturated heterocycles. The maximum Gasteiger partial charge on any atom is 0.264 e. The van der Waals surface area contributed by atoms with Crippen molar-refractivity contribution in [2.75, 3.05) is 0 Å². The second-order valence-electron chi connectivity index (χ2n) is 3.88. The summed E-state index contributed by atoms with van der Waals surface area (Å²) in [5.41, 5.74) is 0.